The molecule has 0 saturated carbocycles. The van der Waals surface area contributed by atoms with Crippen molar-refractivity contribution in [3.05, 3.63) is 48.0 Å². The fourth-order valence-electron chi connectivity index (χ4n) is 2.74. The van der Waals surface area contributed by atoms with Crippen LogP contribution in [0.15, 0.2) is 51.8 Å². The highest BCUT2D eigenvalue weighted by Crippen LogP contribution is 2.40. The van der Waals surface area contributed by atoms with E-state index in [-0.39, 0.29) is 16.2 Å². The molecule has 0 aliphatic carbocycles. The summed E-state index contributed by atoms with van der Waals surface area (Å²) in [6.45, 7) is 2.71. The topological polar surface area (TPSA) is 88.5 Å². The van der Waals surface area contributed by atoms with E-state index in [1.807, 2.05) is 18.0 Å². The van der Waals surface area contributed by atoms with E-state index < -0.39 is 16.0 Å². The second-order valence-corrected chi connectivity index (χ2v) is 8.76. The lowest BCUT2D eigenvalue weighted by atomic mass is 10.1. The van der Waals surface area contributed by atoms with Crippen LogP contribution in [0, 0.1) is 0 Å². The van der Waals surface area contributed by atoms with Crippen molar-refractivity contribution in [2.24, 2.45) is 4.40 Å². The van der Waals surface area contributed by atoms with Gasteiger partial charge in [-0.1, -0.05) is 31.5 Å². The molecule has 0 radical (unpaired) electrons. The zero-order chi connectivity index (χ0) is 23.0. The van der Waals surface area contributed by atoms with E-state index in [2.05, 4.69) is 11.3 Å². The Bertz CT molecular complexity index is 1020. The summed E-state index contributed by atoms with van der Waals surface area (Å²) in [7, 11) is 2.21. The number of esters is 1. The third kappa shape index (κ3) is 6.45. The molecule has 0 amide bonds. The third-order valence-corrected chi connectivity index (χ3v) is 5.60. The van der Waals surface area contributed by atoms with Gasteiger partial charge in [-0.15, -0.1) is 4.40 Å². The zero-order valence-electron chi connectivity index (χ0n) is 18.5. The largest absolute Gasteiger partial charge is 0.465 e. The maximum atomic E-state index is 13.1. The van der Waals surface area contributed by atoms with E-state index in [1.165, 1.54) is 24.4 Å². The molecule has 2 rings (SSSR count). The van der Waals surface area contributed by atoms with Gasteiger partial charge in [0.1, 0.15) is 17.0 Å². The van der Waals surface area contributed by atoms with E-state index in [9.17, 15) is 13.2 Å². The Hall–Kier alpha value is -3.07. The number of para-hydroxylation sites is 1. The standard InChI is InChI=1S/C22H29N3O5S/c1-6-7-13-25(4)19-14-17(22(26)29-5)15-20(31(27,28)23-16-24(2)3)21(19)30-18-11-9-8-10-12-18/h8-12,14-16H,6-7,13H2,1-5H3. The van der Waals surface area contributed by atoms with Crippen LogP contribution in [0.3, 0.4) is 0 Å². The van der Waals surface area contributed by atoms with Gasteiger partial charge < -0.3 is 19.3 Å². The predicted molar refractivity (Wildman–Crippen MR) is 122 cm³/mol. The molecule has 2 aromatic rings. The normalized spacial score (nSPS) is 11.4. The predicted octanol–water partition coefficient (Wildman–Crippen LogP) is 3.78. The summed E-state index contributed by atoms with van der Waals surface area (Å²) in [5.74, 6) is -0.0793. The molecule has 0 aliphatic rings. The van der Waals surface area contributed by atoms with E-state index in [0.717, 1.165) is 12.8 Å². The first kappa shape index (κ1) is 24.2. The van der Waals surface area contributed by atoms with Crippen LogP contribution < -0.4 is 9.64 Å². The van der Waals surface area contributed by atoms with Crippen LogP contribution in [-0.4, -0.2) is 60.4 Å². The van der Waals surface area contributed by atoms with Gasteiger partial charge in [0.25, 0.3) is 10.0 Å². The number of sulfonamides is 1. The van der Waals surface area contributed by atoms with Gasteiger partial charge >= 0.3 is 5.97 Å². The maximum Gasteiger partial charge on any atom is 0.337 e. The summed E-state index contributed by atoms with van der Waals surface area (Å²) in [6.07, 6.45) is 3.02. The molecular formula is C22H29N3O5S. The molecule has 31 heavy (non-hydrogen) atoms. The number of carbonyl (C=O) groups excluding carboxylic acids is 1. The van der Waals surface area contributed by atoms with Crippen molar-refractivity contribution in [3.63, 3.8) is 0 Å². The second kappa shape index (κ2) is 10.8. The van der Waals surface area contributed by atoms with Crippen molar-refractivity contribution in [1.82, 2.24) is 4.90 Å². The fourth-order valence-corrected chi connectivity index (χ4v) is 3.82. The summed E-state index contributed by atoms with van der Waals surface area (Å²) in [4.78, 5) is 15.5. The quantitative estimate of drug-likeness (QED) is 0.311. The average molecular weight is 448 g/mol. The minimum Gasteiger partial charge on any atom is -0.465 e. The summed E-state index contributed by atoms with van der Waals surface area (Å²) in [5, 5.41) is 0. The fraction of sp³-hybridized carbons (Fsp3) is 0.364. The Morgan fingerprint density at radius 2 is 1.81 bits per heavy atom. The van der Waals surface area contributed by atoms with Gasteiger partial charge in [-0.2, -0.15) is 8.42 Å². The second-order valence-electron chi connectivity index (χ2n) is 7.16. The van der Waals surface area contributed by atoms with Gasteiger partial charge in [0.15, 0.2) is 5.75 Å². The number of hydrogen-bond donors (Lipinski definition) is 0. The number of methoxy groups -OCH3 is 1. The van der Waals surface area contributed by atoms with Crippen molar-refractivity contribution in [1.29, 1.82) is 0 Å². The van der Waals surface area contributed by atoms with Gasteiger partial charge in [0, 0.05) is 27.7 Å². The van der Waals surface area contributed by atoms with E-state index in [1.54, 1.807) is 44.4 Å². The molecule has 0 unspecified atom stereocenters. The minimum absolute atomic E-state index is 0.0971. The SMILES string of the molecule is CCCCN(C)c1cc(C(=O)OC)cc(S(=O)(=O)N=CN(C)C)c1Oc1ccccc1. The van der Waals surface area contributed by atoms with Gasteiger partial charge in [-0.3, -0.25) is 0 Å². The highest BCUT2D eigenvalue weighted by atomic mass is 32.2. The smallest absolute Gasteiger partial charge is 0.337 e. The Morgan fingerprint density at radius 1 is 1.13 bits per heavy atom. The van der Waals surface area contributed by atoms with Crippen molar-refractivity contribution < 1.29 is 22.7 Å². The molecule has 0 fully saturated rings. The van der Waals surface area contributed by atoms with Crippen LogP contribution in [0.2, 0.25) is 0 Å². The third-order valence-electron chi connectivity index (χ3n) is 4.37. The van der Waals surface area contributed by atoms with Crippen molar-refractivity contribution in [3.8, 4) is 11.5 Å². The maximum absolute atomic E-state index is 13.1. The van der Waals surface area contributed by atoms with Crippen LogP contribution in [-0.2, 0) is 14.8 Å². The molecule has 168 valence electrons. The number of hydrogen-bond acceptors (Lipinski definition) is 6. The van der Waals surface area contributed by atoms with Gasteiger partial charge in [0.2, 0.25) is 0 Å². The van der Waals surface area contributed by atoms with E-state index in [0.29, 0.717) is 18.0 Å². The Kier molecular flexibility index (Phi) is 8.44. The number of benzene rings is 2. The molecular weight excluding hydrogens is 418 g/mol. The average Bonchev–Trinajstić information content (AvgIpc) is 2.76. The van der Waals surface area contributed by atoms with Gasteiger partial charge in [-0.25, -0.2) is 4.79 Å². The lowest BCUT2D eigenvalue weighted by Gasteiger charge is -2.24. The summed E-state index contributed by atoms with van der Waals surface area (Å²) in [6, 6.07) is 11.7. The first-order valence-corrected chi connectivity index (χ1v) is 11.3. The van der Waals surface area contributed by atoms with Gasteiger partial charge in [-0.05, 0) is 30.7 Å². The Balaban J connectivity index is 2.77. The van der Waals surface area contributed by atoms with Crippen LogP contribution in [0.1, 0.15) is 30.1 Å². The number of nitrogens with zero attached hydrogens (tertiary/aromatic N) is 3. The first-order chi connectivity index (χ1) is 14.7. The minimum atomic E-state index is -4.18. The van der Waals surface area contributed by atoms with Crippen molar-refractivity contribution in [2.45, 2.75) is 24.7 Å². The molecule has 0 heterocycles. The number of unbranched alkanes of at least 4 members (excludes halogenated alkanes) is 1. The van der Waals surface area contributed by atoms with E-state index >= 15 is 0 Å². The molecule has 9 heteroatoms. The summed E-state index contributed by atoms with van der Waals surface area (Å²) in [5.41, 5.74) is 0.554. The number of carbonyl (C=O) groups is 1. The lowest BCUT2D eigenvalue weighted by molar-refractivity contribution is 0.0600. The lowest BCUT2D eigenvalue weighted by Crippen LogP contribution is -2.21. The number of rotatable bonds is 10. The van der Waals surface area contributed by atoms with Crippen LogP contribution in [0.4, 0.5) is 5.69 Å². The van der Waals surface area contributed by atoms with Gasteiger partial charge in [0.05, 0.1) is 18.4 Å². The Morgan fingerprint density at radius 3 is 2.39 bits per heavy atom. The molecule has 0 bridgehead atoms. The molecule has 0 aromatic heterocycles. The molecule has 0 aliphatic heterocycles. The molecule has 2 aromatic carbocycles. The van der Waals surface area contributed by atoms with Crippen LogP contribution in [0.5, 0.6) is 11.5 Å². The van der Waals surface area contributed by atoms with Crippen LogP contribution in [0.25, 0.3) is 0 Å². The Labute approximate surface area is 184 Å². The number of ether oxygens (including phenoxy) is 2. The van der Waals surface area contributed by atoms with Crippen LogP contribution >= 0.6 is 0 Å². The highest BCUT2D eigenvalue weighted by molar-refractivity contribution is 7.90. The highest BCUT2D eigenvalue weighted by Gasteiger charge is 2.27. The van der Waals surface area contributed by atoms with Crippen molar-refractivity contribution >= 4 is 28.0 Å². The molecule has 0 spiro atoms. The first-order valence-electron chi connectivity index (χ1n) is 9.87. The number of anilines is 1. The molecule has 0 atom stereocenters. The summed E-state index contributed by atoms with van der Waals surface area (Å²) >= 11 is 0. The monoisotopic (exact) mass is 447 g/mol. The molecule has 8 nitrogen and oxygen atoms in total. The van der Waals surface area contributed by atoms with E-state index in [4.69, 9.17) is 9.47 Å². The van der Waals surface area contributed by atoms with Crippen molar-refractivity contribution in [2.75, 3.05) is 39.7 Å². The molecule has 0 N–H and O–H groups in total. The zero-order valence-corrected chi connectivity index (χ0v) is 19.3. The molecule has 0 saturated heterocycles. The summed E-state index contributed by atoms with van der Waals surface area (Å²) < 4.78 is 40.9.